The van der Waals surface area contributed by atoms with E-state index in [1.165, 1.54) is 79.8 Å². The molecule has 0 atom stereocenters. The van der Waals surface area contributed by atoms with Gasteiger partial charge in [0.05, 0.1) is 21.2 Å². The summed E-state index contributed by atoms with van der Waals surface area (Å²) in [6, 6.07) is 26.4. The number of para-hydroxylation sites is 2. The third-order valence-corrected chi connectivity index (χ3v) is 14.0. The summed E-state index contributed by atoms with van der Waals surface area (Å²) in [5.74, 6) is -0.904. The lowest BCUT2D eigenvalue weighted by Crippen LogP contribution is -2.29. The van der Waals surface area contributed by atoms with Gasteiger partial charge in [0.25, 0.3) is 31.9 Å². The van der Waals surface area contributed by atoms with Gasteiger partial charge in [0.15, 0.2) is 10.3 Å². The Balaban J connectivity index is 0.885. The minimum atomic E-state index is -3.79. The molecule has 0 bridgehead atoms. The van der Waals surface area contributed by atoms with Gasteiger partial charge in [-0.25, -0.2) is 26.8 Å². The Morgan fingerprint density at radius 3 is 1.35 bits per heavy atom. The summed E-state index contributed by atoms with van der Waals surface area (Å²) in [7, 11) is -7.57. The number of benzene rings is 4. The molecule has 0 spiro atoms. The van der Waals surface area contributed by atoms with Gasteiger partial charge in [0, 0.05) is 35.0 Å². The number of carbonyl (C=O) groups is 2. The van der Waals surface area contributed by atoms with E-state index in [1.807, 2.05) is 36.4 Å². The Bertz CT molecular complexity index is 2390. The molecule has 6 aromatic rings. The number of nitrogens with one attached hydrogen (secondary N) is 2. The summed E-state index contributed by atoms with van der Waals surface area (Å²) >= 11 is 2.39. The van der Waals surface area contributed by atoms with E-state index < -0.39 is 31.9 Å². The van der Waals surface area contributed by atoms with E-state index >= 15 is 0 Å². The third kappa shape index (κ3) is 6.23. The molecule has 2 N–H and O–H groups in total. The molecule has 0 saturated heterocycles. The topological polar surface area (TPSA) is 159 Å². The van der Waals surface area contributed by atoms with E-state index in [0.717, 1.165) is 11.1 Å². The first-order valence-corrected chi connectivity index (χ1v) is 20.7. The Labute approximate surface area is 307 Å². The highest BCUT2D eigenvalue weighted by molar-refractivity contribution is 7.93. The van der Waals surface area contributed by atoms with E-state index in [-0.39, 0.29) is 20.9 Å². The van der Waals surface area contributed by atoms with Gasteiger partial charge >= 0.3 is 0 Å². The van der Waals surface area contributed by atoms with Crippen LogP contribution in [0.2, 0.25) is 0 Å². The number of rotatable bonds is 9. The lowest BCUT2D eigenvalue weighted by atomic mass is 10.2. The molecule has 16 heteroatoms. The summed E-state index contributed by atoms with van der Waals surface area (Å²) < 4.78 is 56.1. The fourth-order valence-electron chi connectivity index (χ4n) is 6.16. The van der Waals surface area contributed by atoms with Crippen molar-refractivity contribution in [3.05, 3.63) is 130 Å². The molecule has 2 aliphatic heterocycles. The van der Waals surface area contributed by atoms with Crippen molar-refractivity contribution in [2.75, 3.05) is 32.3 Å². The van der Waals surface area contributed by atoms with Gasteiger partial charge in [-0.3, -0.25) is 28.8 Å². The molecule has 2 aromatic heterocycles. The first-order chi connectivity index (χ1) is 25.1. The van der Waals surface area contributed by atoms with Crippen LogP contribution in [0.1, 0.15) is 31.8 Å². The predicted molar refractivity (Wildman–Crippen MR) is 201 cm³/mol. The number of anilines is 4. The molecule has 0 saturated carbocycles. The van der Waals surface area contributed by atoms with Gasteiger partial charge in [-0.2, -0.15) is 0 Å². The summed E-state index contributed by atoms with van der Waals surface area (Å²) in [6.07, 6.45) is 1.28. The van der Waals surface area contributed by atoms with Crippen molar-refractivity contribution in [1.82, 2.24) is 9.97 Å². The molecule has 0 fully saturated rings. The first-order valence-electron chi connectivity index (χ1n) is 16.0. The number of fused-ring (bicyclic) bond motifs is 2. The number of nitrogens with zero attached hydrogens (tertiary/aromatic N) is 4. The lowest BCUT2D eigenvalue weighted by Gasteiger charge is -2.19. The van der Waals surface area contributed by atoms with Crippen molar-refractivity contribution < 1.29 is 26.4 Å². The summed E-state index contributed by atoms with van der Waals surface area (Å²) in [5, 5.41) is 9.56. The maximum Gasteiger partial charge on any atom is 0.264 e. The standard InChI is InChI=1S/C36H28N6O6S4/c43-33(25-9-13-27(14-10-25)51(45,46)41-19-17-23-5-1-3-7-31(23)41)39-35-37-29(21-49-35)30-22-50-36(38-30)40-34(44)26-11-15-28(16-12-26)52(47,48)42-20-18-24-6-2-4-8-32(24)42/h1-16,21-22H,17-20H2,(H,37,39,43)(H,38,40,44). The van der Waals surface area contributed by atoms with E-state index in [4.69, 9.17) is 0 Å². The van der Waals surface area contributed by atoms with Gasteiger partial charge in [0.2, 0.25) is 0 Å². The second kappa shape index (κ2) is 13.3. The highest BCUT2D eigenvalue weighted by Gasteiger charge is 2.32. The van der Waals surface area contributed by atoms with Crippen LogP contribution >= 0.6 is 22.7 Å². The zero-order valence-electron chi connectivity index (χ0n) is 27.1. The molecule has 2 aliphatic rings. The normalized spacial score (nSPS) is 13.8. The quantitative estimate of drug-likeness (QED) is 0.174. The fourth-order valence-corrected chi connectivity index (χ4v) is 10.6. The van der Waals surface area contributed by atoms with Crippen LogP contribution in [0, 0.1) is 0 Å². The second-order valence-electron chi connectivity index (χ2n) is 11.9. The average Bonchev–Trinajstić information content (AvgIpc) is 3.98. The van der Waals surface area contributed by atoms with E-state index in [2.05, 4.69) is 20.6 Å². The Morgan fingerprint density at radius 2 is 0.942 bits per heavy atom. The van der Waals surface area contributed by atoms with Crippen molar-refractivity contribution >= 4 is 76.2 Å². The van der Waals surface area contributed by atoms with Gasteiger partial charge in [0.1, 0.15) is 11.4 Å². The minimum Gasteiger partial charge on any atom is -0.298 e. The maximum absolute atomic E-state index is 13.3. The van der Waals surface area contributed by atoms with Crippen LogP contribution in [-0.4, -0.2) is 51.7 Å². The maximum atomic E-state index is 13.3. The molecular formula is C36H28N6O6S4. The molecule has 8 rings (SSSR count). The fraction of sp³-hybridized carbons (Fsp3) is 0.111. The predicted octanol–water partition coefficient (Wildman–Crippen LogP) is 6.27. The lowest BCUT2D eigenvalue weighted by molar-refractivity contribution is 0.101. The van der Waals surface area contributed by atoms with Gasteiger partial charge in [-0.05, 0) is 84.6 Å². The van der Waals surface area contributed by atoms with Gasteiger partial charge in [-0.1, -0.05) is 36.4 Å². The Morgan fingerprint density at radius 1 is 0.558 bits per heavy atom. The number of thiazole rings is 2. The van der Waals surface area contributed by atoms with Crippen molar-refractivity contribution in [3.8, 4) is 11.4 Å². The largest absolute Gasteiger partial charge is 0.298 e. The van der Waals surface area contributed by atoms with Crippen LogP contribution in [0.25, 0.3) is 11.4 Å². The number of aromatic nitrogens is 2. The Kier molecular flexibility index (Phi) is 8.61. The molecule has 12 nitrogen and oxygen atoms in total. The SMILES string of the molecule is O=C(Nc1nc(-c2csc(NC(=O)c3ccc(S(=O)(=O)N4CCc5ccccc54)cc3)n2)cs1)c1ccc(S(=O)(=O)N2CCc3ccccc32)cc1. The molecular weight excluding hydrogens is 741 g/mol. The van der Waals surface area contributed by atoms with Crippen LogP contribution in [0.3, 0.4) is 0 Å². The zero-order valence-corrected chi connectivity index (χ0v) is 30.4. The van der Waals surface area contributed by atoms with Crippen LogP contribution in [-0.2, 0) is 32.9 Å². The zero-order chi connectivity index (χ0) is 36.0. The van der Waals surface area contributed by atoms with Gasteiger partial charge < -0.3 is 0 Å². The molecule has 0 radical (unpaired) electrons. The number of hydrogen-bond donors (Lipinski definition) is 2. The molecule has 2 amide bonds. The molecule has 4 aromatic carbocycles. The monoisotopic (exact) mass is 768 g/mol. The van der Waals surface area contributed by atoms with Crippen molar-refractivity contribution in [1.29, 1.82) is 0 Å². The molecule has 0 aliphatic carbocycles. The molecule has 0 unspecified atom stereocenters. The van der Waals surface area contributed by atoms with Crippen molar-refractivity contribution in [2.24, 2.45) is 0 Å². The van der Waals surface area contributed by atoms with Crippen LogP contribution in [0.15, 0.2) is 118 Å². The molecule has 262 valence electrons. The second-order valence-corrected chi connectivity index (χ2v) is 17.4. The van der Waals surface area contributed by atoms with E-state index in [9.17, 15) is 26.4 Å². The molecule has 4 heterocycles. The van der Waals surface area contributed by atoms with Crippen LogP contribution in [0.4, 0.5) is 21.6 Å². The average molecular weight is 769 g/mol. The highest BCUT2D eigenvalue weighted by Crippen LogP contribution is 2.34. The number of hydrogen-bond acceptors (Lipinski definition) is 10. The van der Waals surface area contributed by atoms with Crippen LogP contribution < -0.4 is 19.2 Å². The Hall–Kier alpha value is -5.42. The van der Waals surface area contributed by atoms with E-state index in [0.29, 0.717) is 59.0 Å². The van der Waals surface area contributed by atoms with E-state index in [1.54, 1.807) is 22.9 Å². The van der Waals surface area contributed by atoms with Crippen molar-refractivity contribution in [2.45, 2.75) is 22.6 Å². The summed E-state index contributed by atoms with van der Waals surface area (Å²) in [4.78, 5) is 35.1. The van der Waals surface area contributed by atoms with Crippen LogP contribution in [0.5, 0.6) is 0 Å². The highest BCUT2D eigenvalue weighted by atomic mass is 32.2. The number of amides is 2. The third-order valence-electron chi connectivity index (χ3n) is 8.81. The number of carbonyl (C=O) groups excluding carboxylic acids is 2. The van der Waals surface area contributed by atoms with Crippen molar-refractivity contribution in [3.63, 3.8) is 0 Å². The summed E-state index contributed by atoms with van der Waals surface area (Å²) in [5.41, 5.74) is 4.81. The first kappa shape index (κ1) is 33.7. The van der Waals surface area contributed by atoms with Gasteiger partial charge in [-0.15, -0.1) is 22.7 Å². The minimum absolute atomic E-state index is 0.0951. The summed E-state index contributed by atoms with van der Waals surface area (Å²) in [6.45, 7) is 0.724. The smallest absolute Gasteiger partial charge is 0.264 e. The molecule has 52 heavy (non-hydrogen) atoms. The number of sulfonamides is 2.